The summed E-state index contributed by atoms with van der Waals surface area (Å²) in [7, 11) is 4.51. The van der Waals surface area contributed by atoms with E-state index in [9.17, 15) is 9.59 Å². The molecular formula is C19H23BrN2O7. The molecule has 0 fully saturated rings. The van der Waals surface area contributed by atoms with Crippen LogP contribution in [0.25, 0.3) is 11.1 Å². The Morgan fingerprint density at radius 1 is 1.14 bits per heavy atom. The van der Waals surface area contributed by atoms with Gasteiger partial charge in [-0.25, -0.2) is 4.79 Å². The highest BCUT2D eigenvalue weighted by Gasteiger charge is 2.27. The van der Waals surface area contributed by atoms with Crippen molar-refractivity contribution < 1.29 is 33.6 Å². The van der Waals surface area contributed by atoms with Crippen LogP contribution in [0, 0.1) is 0 Å². The van der Waals surface area contributed by atoms with Gasteiger partial charge in [0.25, 0.3) is 0 Å². The largest absolute Gasteiger partial charge is 0.493 e. The van der Waals surface area contributed by atoms with E-state index in [4.69, 9.17) is 24.1 Å². The van der Waals surface area contributed by atoms with Gasteiger partial charge in [-0.2, -0.15) is 0 Å². The molecule has 9 nitrogen and oxygen atoms in total. The number of aliphatic carboxylic acids is 1. The van der Waals surface area contributed by atoms with Crippen molar-refractivity contribution in [3.63, 3.8) is 0 Å². The molecule has 0 unspecified atom stereocenters. The Bertz CT molecular complexity index is 895. The molecule has 0 aliphatic rings. The first kappa shape index (κ1) is 22.6. The van der Waals surface area contributed by atoms with Crippen LogP contribution in [0.4, 0.5) is 0 Å². The minimum atomic E-state index is -0.994. The first-order valence-corrected chi connectivity index (χ1v) is 9.48. The van der Waals surface area contributed by atoms with Crippen molar-refractivity contribution in [1.29, 1.82) is 0 Å². The van der Waals surface area contributed by atoms with Gasteiger partial charge in [0, 0.05) is 23.4 Å². The number of aromatic nitrogens is 1. The van der Waals surface area contributed by atoms with Gasteiger partial charge < -0.3 is 34.4 Å². The highest BCUT2D eigenvalue weighted by atomic mass is 79.9. The molecule has 29 heavy (non-hydrogen) atoms. The molecule has 10 heteroatoms. The summed E-state index contributed by atoms with van der Waals surface area (Å²) in [4.78, 5) is 26.2. The lowest BCUT2D eigenvalue weighted by Crippen LogP contribution is -2.22. The van der Waals surface area contributed by atoms with Crippen LogP contribution >= 0.6 is 15.9 Å². The Labute approximate surface area is 176 Å². The van der Waals surface area contributed by atoms with Crippen LogP contribution in [0.1, 0.15) is 23.1 Å². The Kier molecular flexibility index (Phi) is 7.91. The molecule has 2 aromatic rings. The normalized spacial score (nSPS) is 10.5. The number of methoxy groups -OCH3 is 3. The summed E-state index contributed by atoms with van der Waals surface area (Å²) in [5, 5.41) is 11.7. The molecule has 158 valence electrons. The molecule has 0 spiro atoms. The molecular weight excluding hydrogens is 448 g/mol. The second kappa shape index (κ2) is 10.2. The SMILES string of the molecule is CCOC(=O)c1[nH]c(CNCC(=O)O)c(-c2ccc(OC)c(OC)c2OC)c1Br. The van der Waals surface area contributed by atoms with Crippen molar-refractivity contribution in [3.05, 3.63) is 28.0 Å². The Morgan fingerprint density at radius 3 is 2.38 bits per heavy atom. The molecule has 1 aromatic carbocycles. The maximum absolute atomic E-state index is 12.3. The average molecular weight is 471 g/mol. The number of carbonyl (C=O) groups excluding carboxylic acids is 1. The smallest absolute Gasteiger partial charge is 0.355 e. The van der Waals surface area contributed by atoms with Crippen LogP contribution in [-0.4, -0.2) is 56.5 Å². The fraction of sp³-hybridized carbons (Fsp3) is 0.368. The summed E-state index contributed by atoms with van der Waals surface area (Å²) in [6, 6.07) is 3.48. The maximum atomic E-state index is 12.3. The third-order valence-corrected chi connectivity index (χ3v) is 4.84. The van der Waals surface area contributed by atoms with E-state index < -0.39 is 11.9 Å². The lowest BCUT2D eigenvalue weighted by Gasteiger charge is -2.16. The minimum Gasteiger partial charge on any atom is -0.493 e. The zero-order valence-electron chi connectivity index (χ0n) is 16.6. The number of carbonyl (C=O) groups is 2. The van der Waals surface area contributed by atoms with Gasteiger partial charge in [0.2, 0.25) is 5.75 Å². The number of ether oxygens (including phenoxy) is 4. The van der Waals surface area contributed by atoms with Gasteiger partial charge in [-0.15, -0.1) is 0 Å². The quantitative estimate of drug-likeness (QED) is 0.453. The topological polar surface area (TPSA) is 119 Å². The second-order valence-corrected chi connectivity index (χ2v) is 6.56. The maximum Gasteiger partial charge on any atom is 0.355 e. The standard InChI is InChI=1S/C19H23BrN2O7/c1-5-29-19(25)16-15(20)14(11(22-16)8-21-9-13(23)24)10-6-7-12(26-2)18(28-4)17(10)27-3/h6-7,21-22H,5,8-9H2,1-4H3,(H,23,24). The lowest BCUT2D eigenvalue weighted by molar-refractivity contribution is -0.136. The van der Waals surface area contributed by atoms with Crippen molar-refractivity contribution in [3.8, 4) is 28.4 Å². The predicted octanol–water partition coefficient (Wildman–Crippen LogP) is 2.82. The number of benzene rings is 1. The van der Waals surface area contributed by atoms with Gasteiger partial charge in [-0.3, -0.25) is 4.79 Å². The predicted molar refractivity (Wildman–Crippen MR) is 109 cm³/mol. The van der Waals surface area contributed by atoms with Crippen LogP contribution in [-0.2, 0) is 16.1 Å². The number of aromatic amines is 1. The van der Waals surface area contributed by atoms with E-state index in [1.54, 1.807) is 19.1 Å². The van der Waals surface area contributed by atoms with E-state index in [-0.39, 0.29) is 25.4 Å². The van der Waals surface area contributed by atoms with Crippen molar-refractivity contribution in [2.75, 3.05) is 34.5 Å². The average Bonchev–Trinajstić information content (AvgIpc) is 3.02. The number of halogens is 1. The van der Waals surface area contributed by atoms with E-state index in [1.807, 2.05) is 0 Å². The summed E-state index contributed by atoms with van der Waals surface area (Å²) in [6.07, 6.45) is 0. The highest BCUT2D eigenvalue weighted by Crippen LogP contribution is 2.47. The van der Waals surface area contributed by atoms with Crippen LogP contribution in [0.5, 0.6) is 17.2 Å². The second-order valence-electron chi connectivity index (χ2n) is 5.77. The number of H-pyrrole nitrogens is 1. The fourth-order valence-corrected chi connectivity index (χ4v) is 3.59. The first-order valence-electron chi connectivity index (χ1n) is 8.68. The molecule has 2 rings (SSSR count). The van der Waals surface area contributed by atoms with E-state index in [2.05, 4.69) is 26.2 Å². The van der Waals surface area contributed by atoms with Gasteiger partial charge in [0.05, 0.1) is 39.0 Å². The zero-order chi connectivity index (χ0) is 21.6. The summed E-state index contributed by atoms with van der Waals surface area (Å²) in [6.45, 7) is 1.85. The molecule has 0 radical (unpaired) electrons. The van der Waals surface area contributed by atoms with E-state index in [0.29, 0.717) is 38.5 Å². The monoisotopic (exact) mass is 470 g/mol. The molecule has 0 saturated carbocycles. The van der Waals surface area contributed by atoms with Crippen LogP contribution in [0.15, 0.2) is 16.6 Å². The van der Waals surface area contributed by atoms with E-state index in [0.717, 1.165) is 0 Å². The number of esters is 1. The van der Waals surface area contributed by atoms with Gasteiger partial charge in [-0.05, 0) is 35.0 Å². The molecule has 0 aliphatic carbocycles. The molecule has 0 amide bonds. The van der Waals surface area contributed by atoms with Crippen molar-refractivity contribution in [2.24, 2.45) is 0 Å². The Morgan fingerprint density at radius 2 is 1.83 bits per heavy atom. The summed E-state index contributed by atoms with van der Waals surface area (Å²) >= 11 is 3.47. The van der Waals surface area contributed by atoms with Crippen LogP contribution < -0.4 is 19.5 Å². The van der Waals surface area contributed by atoms with Crippen molar-refractivity contribution in [1.82, 2.24) is 10.3 Å². The van der Waals surface area contributed by atoms with Crippen LogP contribution in [0.2, 0.25) is 0 Å². The molecule has 0 atom stereocenters. The number of carboxylic acid groups (broad SMARTS) is 1. The van der Waals surface area contributed by atoms with Gasteiger partial charge in [0.15, 0.2) is 11.5 Å². The van der Waals surface area contributed by atoms with Gasteiger partial charge >= 0.3 is 11.9 Å². The summed E-state index contributed by atoms with van der Waals surface area (Å²) < 4.78 is 21.9. The summed E-state index contributed by atoms with van der Waals surface area (Å²) in [5.74, 6) is -0.254. The van der Waals surface area contributed by atoms with Gasteiger partial charge in [0.1, 0.15) is 5.69 Å². The number of carboxylic acids is 1. The van der Waals surface area contributed by atoms with Crippen molar-refractivity contribution >= 4 is 27.9 Å². The number of hydrogen-bond acceptors (Lipinski definition) is 7. The summed E-state index contributed by atoms with van der Waals surface area (Å²) in [5.41, 5.74) is 2.03. The molecule has 3 N–H and O–H groups in total. The lowest BCUT2D eigenvalue weighted by atomic mass is 10.0. The third kappa shape index (κ3) is 4.83. The first-order chi connectivity index (χ1) is 13.9. The highest BCUT2D eigenvalue weighted by molar-refractivity contribution is 9.10. The molecule has 0 saturated heterocycles. The molecule has 1 aromatic heterocycles. The molecule has 1 heterocycles. The number of hydrogen-bond donors (Lipinski definition) is 3. The van der Waals surface area contributed by atoms with Gasteiger partial charge in [-0.1, -0.05) is 0 Å². The van der Waals surface area contributed by atoms with E-state index in [1.165, 1.54) is 21.3 Å². The van der Waals surface area contributed by atoms with Crippen molar-refractivity contribution in [2.45, 2.75) is 13.5 Å². The fourth-order valence-electron chi connectivity index (χ4n) is 2.88. The Balaban J connectivity index is 2.66. The Hall–Kier alpha value is -2.72. The molecule has 0 bridgehead atoms. The number of rotatable bonds is 10. The zero-order valence-corrected chi connectivity index (χ0v) is 18.1. The van der Waals surface area contributed by atoms with E-state index >= 15 is 0 Å². The third-order valence-electron chi connectivity index (χ3n) is 4.05. The minimum absolute atomic E-state index is 0.164. The molecule has 0 aliphatic heterocycles. The number of nitrogens with one attached hydrogen (secondary N) is 2. The van der Waals surface area contributed by atoms with Crippen LogP contribution in [0.3, 0.4) is 0 Å².